The Bertz CT molecular complexity index is 1420. The van der Waals surface area contributed by atoms with Gasteiger partial charge in [-0.2, -0.15) is 5.26 Å². The van der Waals surface area contributed by atoms with Crippen molar-refractivity contribution >= 4 is 15.5 Å². The summed E-state index contributed by atoms with van der Waals surface area (Å²) in [6.45, 7) is 3.64. The van der Waals surface area contributed by atoms with Gasteiger partial charge in [0.2, 0.25) is 0 Å². The van der Waals surface area contributed by atoms with Gasteiger partial charge in [-0.05, 0) is 48.9 Å². The van der Waals surface area contributed by atoms with Crippen LogP contribution in [0.2, 0.25) is 0 Å². The van der Waals surface area contributed by atoms with Crippen molar-refractivity contribution in [3.8, 4) is 28.8 Å². The number of hydrogen-bond acceptors (Lipinski definition) is 5. The number of hydrogen-bond donors (Lipinski definition) is 0. The second-order valence-electron chi connectivity index (χ2n) is 7.00. The third-order valence-electron chi connectivity index (χ3n) is 5.07. The largest absolute Gasteiger partial charge is 0.457 e. The number of nitrogens with zero attached hydrogens (tertiary/aromatic N) is 3. The molecule has 2 aromatic heterocycles. The highest BCUT2D eigenvalue weighted by atomic mass is 32.2. The highest BCUT2D eigenvalue weighted by Gasteiger charge is 2.16. The first-order chi connectivity index (χ1) is 15.0. The van der Waals surface area contributed by atoms with E-state index in [9.17, 15) is 13.7 Å². The summed E-state index contributed by atoms with van der Waals surface area (Å²) < 4.78 is 32.3. The third kappa shape index (κ3) is 3.90. The summed E-state index contributed by atoms with van der Waals surface area (Å²) in [5.41, 5.74) is 3.83. The standard InChI is InChI=1S/C24H21N3O3S/c1-3-22-23(27-13-7-9-18(16-25)24(27)26-22)17-8-5-10-19(14-17)30-20-11-6-12-21(15-20)31(28,29)4-2/h5-15H,3-4H2,1-2H3. The van der Waals surface area contributed by atoms with Crippen molar-refractivity contribution in [1.29, 1.82) is 5.26 Å². The van der Waals surface area contributed by atoms with Gasteiger partial charge in [-0.1, -0.05) is 32.0 Å². The SMILES string of the molecule is CCc1nc2c(C#N)cccn2c1-c1cccc(Oc2cccc(S(=O)(=O)CC)c2)c1. The van der Waals surface area contributed by atoms with Gasteiger partial charge < -0.3 is 4.74 Å². The molecule has 0 saturated heterocycles. The monoisotopic (exact) mass is 431 g/mol. The minimum atomic E-state index is -3.31. The van der Waals surface area contributed by atoms with Crippen LogP contribution in [0.1, 0.15) is 25.1 Å². The molecule has 0 atom stereocenters. The zero-order valence-corrected chi connectivity index (χ0v) is 18.1. The first-order valence-electron chi connectivity index (χ1n) is 9.98. The molecular formula is C24H21N3O3S. The molecule has 0 aliphatic carbocycles. The molecule has 0 bridgehead atoms. The number of aromatic nitrogens is 2. The maximum atomic E-state index is 12.2. The lowest BCUT2D eigenvalue weighted by atomic mass is 10.1. The van der Waals surface area contributed by atoms with E-state index in [2.05, 4.69) is 11.1 Å². The predicted octanol–water partition coefficient (Wildman–Crippen LogP) is 5.02. The summed E-state index contributed by atoms with van der Waals surface area (Å²) in [7, 11) is -3.31. The van der Waals surface area contributed by atoms with Crippen LogP contribution in [0.25, 0.3) is 16.9 Å². The first kappa shape index (κ1) is 20.6. The van der Waals surface area contributed by atoms with E-state index in [1.165, 1.54) is 6.07 Å². The topological polar surface area (TPSA) is 84.5 Å². The molecule has 0 amide bonds. The van der Waals surface area contributed by atoms with Crippen molar-refractivity contribution in [2.45, 2.75) is 25.2 Å². The summed E-state index contributed by atoms with van der Waals surface area (Å²) in [6.07, 6.45) is 2.61. The Hall–Kier alpha value is -3.63. The molecule has 0 N–H and O–H groups in total. The van der Waals surface area contributed by atoms with E-state index in [1.807, 2.05) is 47.9 Å². The smallest absolute Gasteiger partial charge is 0.178 e. The maximum absolute atomic E-state index is 12.2. The van der Waals surface area contributed by atoms with Gasteiger partial charge in [-0.3, -0.25) is 4.40 Å². The van der Waals surface area contributed by atoms with Crippen LogP contribution in [0.5, 0.6) is 11.5 Å². The van der Waals surface area contributed by atoms with Crippen LogP contribution >= 0.6 is 0 Å². The predicted molar refractivity (Wildman–Crippen MR) is 119 cm³/mol. The molecular weight excluding hydrogens is 410 g/mol. The molecule has 156 valence electrons. The summed E-state index contributed by atoms with van der Waals surface area (Å²) in [6, 6.07) is 19.8. The van der Waals surface area contributed by atoms with Gasteiger partial charge in [0, 0.05) is 11.8 Å². The summed E-state index contributed by atoms with van der Waals surface area (Å²) >= 11 is 0. The Kier molecular flexibility index (Phi) is 5.49. The fraction of sp³-hybridized carbons (Fsp3) is 0.167. The Balaban J connectivity index is 1.76. The van der Waals surface area contributed by atoms with Crippen LogP contribution in [0.3, 0.4) is 0 Å². The number of fused-ring (bicyclic) bond motifs is 1. The minimum Gasteiger partial charge on any atom is -0.457 e. The van der Waals surface area contributed by atoms with Crippen molar-refractivity contribution in [2.75, 3.05) is 5.75 Å². The van der Waals surface area contributed by atoms with Gasteiger partial charge in [0.05, 0.1) is 27.6 Å². The molecule has 6 nitrogen and oxygen atoms in total. The van der Waals surface area contributed by atoms with E-state index in [0.717, 1.165) is 17.0 Å². The Morgan fingerprint density at radius 2 is 1.77 bits per heavy atom. The van der Waals surface area contributed by atoms with Crippen LogP contribution in [0, 0.1) is 11.3 Å². The van der Waals surface area contributed by atoms with Gasteiger partial charge in [0.25, 0.3) is 0 Å². The van der Waals surface area contributed by atoms with Crippen LogP contribution in [0.15, 0.2) is 71.8 Å². The zero-order valence-electron chi connectivity index (χ0n) is 17.2. The van der Waals surface area contributed by atoms with Crippen LogP contribution < -0.4 is 4.74 Å². The summed E-state index contributed by atoms with van der Waals surface area (Å²) in [5.74, 6) is 1.06. The maximum Gasteiger partial charge on any atom is 0.178 e. The number of nitriles is 1. The molecule has 0 spiro atoms. The lowest BCUT2D eigenvalue weighted by molar-refractivity contribution is 0.481. The lowest BCUT2D eigenvalue weighted by Crippen LogP contribution is -2.03. The molecule has 0 aliphatic rings. The zero-order chi connectivity index (χ0) is 22.0. The molecule has 0 aliphatic heterocycles. The fourth-order valence-corrected chi connectivity index (χ4v) is 4.41. The van der Waals surface area contributed by atoms with Crippen molar-refractivity contribution in [3.05, 3.63) is 78.1 Å². The van der Waals surface area contributed by atoms with Crippen LogP contribution in [-0.2, 0) is 16.3 Å². The molecule has 2 heterocycles. The minimum absolute atomic E-state index is 0.0324. The summed E-state index contributed by atoms with van der Waals surface area (Å²) in [5, 5.41) is 9.42. The molecule has 0 fully saturated rings. The number of ether oxygens (including phenoxy) is 1. The molecule has 7 heteroatoms. The highest BCUT2D eigenvalue weighted by Crippen LogP contribution is 2.31. The molecule has 2 aromatic carbocycles. The Labute approximate surface area is 181 Å². The molecule has 0 radical (unpaired) electrons. The van der Waals surface area contributed by atoms with E-state index in [-0.39, 0.29) is 10.6 Å². The van der Waals surface area contributed by atoms with Gasteiger partial charge in [-0.25, -0.2) is 13.4 Å². The van der Waals surface area contributed by atoms with Crippen molar-refractivity contribution in [1.82, 2.24) is 9.38 Å². The van der Waals surface area contributed by atoms with E-state index in [0.29, 0.717) is 29.1 Å². The molecule has 31 heavy (non-hydrogen) atoms. The van der Waals surface area contributed by atoms with Gasteiger partial charge in [0.15, 0.2) is 15.5 Å². The van der Waals surface area contributed by atoms with Crippen molar-refractivity contribution in [2.24, 2.45) is 0 Å². The Morgan fingerprint density at radius 3 is 2.48 bits per heavy atom. The highest BCUT2D eigenvalue weighted by molar-refractivity contribution is 7.91. The first-order valence-corrected chi connectivity index (χ1v) is 11.6. The molecule has 4 rings (SSSR count). The summed E-state index contributed by atoms with van der Waals surface area (Å²) in [4.78, 5) is 4.91. The number of benzene rings is 2. The quantitative estimate of drug-likeness (QED) is 0.428. The lowest BCUT2D eigenvalue weighted by Gasteiger charge is -2.10. The Morgan fingerprint density at radius 1 is 1.03 bits per heavy atom. The van der Waals surface area contributed by atoms with Gasteiger partial charge in [0.1, 0.15) is 17.6 Å². The van der Waals surface area contributed by atoms with E-state index < -0.39 is 9.84 Å². The van der Waals surface area contributed by atoms with Gasteiger partial charge >= 0.3 is 0 Å². The average molecular weight is 432 g/mol. The fourth-order valence-electron chi connectivity index (χ4n) is 3.49. The number of imidazole rings is 1. The number of aryl methyl sites for hydroxylation is 1. The van der Waals surface area contributed by atoms with E-state index >= 15 is 0 Å². The second-order valence-corrected chi connectivity index (χ2v) is 9.27. The van der Waals surface area contributed by atoms with Crippen molar-refractivity contribution in [3.63, 3.8) is 0 Å². The number of pyridine rings is 1. The van der Waals surface area contributed by atoms with E-state index in [1.54, 1.807) is 31.2 Å². The van der Waals surface area contributed by atoms with Crippen molar-refractivity contribution < 1.29 is 13.2 Å². The normalized spacial score (nSPS) is 11.4. The number of sulfone groups is 1. The molecule has 0 unspecified atom stereocenters. The average Bonchev–Trinajstić information content (AvgIpc) is 3.18. The third-order valence-corrected chi connectivity index (χ3v) is 6.80. The van der Waals surface area contributed by atoms with Gasteiger partial charge in [-0.15, -0.1) is 0 Å². The molecule has 0 saturated carbocycles. The van der Waals surface area contributed by atoms with Crippen LogP contribution in [-0.4, -0.2) is 23.6 Å². The van der Waals surface area contributed by atoms with E-state index in [4.69, 9.17) is 4.74 Å². The second kappa shape index (κ2) is 8.25. The van der Waals surface area contributed by atoms with Crippen LogP contribution in [0.4, 0.5) is 0 Å². The number of rotatable bonds is 6. The molecule has 4 aromatic rings.